The highest BCUT2D eigenvalue weighted by molar-refractivity contribution is 6.88. The number of hydrogen-bond acceptors (Lipinski definition) is 3. The van der Waals surface area contributed by atoms with Crippen LogP contribution >= 0.6 is 0 Å². The van der Waals surface area contributed by atoms with Crippen LogP contribution in [0.25, 0.3) is 0 Å². The molecule has 4 aliphatic carbocycles. The molecule has 6 aliphatic rings. The van der Waals surface area contributed by atoms with E-state index in [1.54, 1.807) is 0 Å². The van der Waals surface area contributed by atoms with E-state index in [0.717, 1.165) is 11.8 Å². The van der Waals surface area contributed by atoms with E-state index >= 15 is 0 Å². The highest BCUT2D eigenvalue weighted by atomic mass is 28.4. The van der Waals surface area contributed by atoms with Crippen LogP contribution in [0.1, 0.15) is 51.4 Å². The zero-order valence-corrected chi connectivity index (χ0v) is 18.3. The van der Waals surface area contributed by atoms with Crippen molar-refractivity contribution in [3.63, 3.8) is 0 Å². The molecule has 3 nitrogen and oxygen atoms in total. The fourth-order valence-corrected chi connectivity index (χ4v) is 20.2. The summed E-state index contributed by atoms with van der Waals surface area (Å²) in [4.78, 5) is 0. The van der Waals surface area contributed by atoms with Crippen molar-refractivity contribution in [3.8, 4) is 0 Å². The van der Waals surface area contributed by atoms with E-state index in [1.807, 2.05) is 0 Å². The summed E-state index contributed by atoms with van der Waals surface area (Å²) in [5.41, 5.74) is 0. The maximum atomic E-state index is 7.45. The van der Waals surface area contributed by atoms with E-state index in [4.69, 9.17) is 13.6 Å². The molecule has 0 bridgehead atoms. The Labute approximate surface area is 154 Å². The fraction of sp³-hybridized carbons (Fsp3) is 1.00. The molecule has 4 saturated carbocycles. The normalized spacial score (nSPS) is 55.7. The third kappa shape index (κ3) is 1.88. The Kier molecular flexibility index (Phi) is 3.03. The summed E-state index contributed by atoms with van der Waals surface area (Å²) in [7, 11) is -3.50. The van der Waals surface area contributed by atoms with E-state index in [1.165, 1.54) is 51.4 Å². The molecular formula is C20H34O3Si2. The van der Waals surface area contributed by atoms with Gasteiger partial charge in [-0.3, -0.25) is 0 Å². The second-order valence-electron chi connectivity index (χ2n) is 11.1. The molecule has 8 atom stereocenters. The Morgan fingerprint density at radius 1 is 0.680 bits per heavy atom. The van der Waals surface area contributed by atoms with E-state index < -0.39 is 16.6 Å². The summed E-state index contributed by atoms with van der Waals surface area (Å²) < 4.78 is 19.5. The van der Waals surface area contributed by atoms with Gasteiger partial charge in [-0.25, -0.2) is 0 Å². The lowest BCUT2D eigenvalue weighted by atomic mass is 9.64. The Morgan fingerprint density at radius 2 is 1.08 bits per heavy atom. The van der Waals surface area contributed by atoms with Crippen LogP contribution in [-0.2, 0) is 13.6 Å². The molecule has 8 unspecified atom stereocenters. The van der Waals surface area contributed by atoms with E-state index in [-0.39, 0.29) is 0 Å². The summed E-state index contributed by atoms with van der Waals surface area (Å²) in [6.07, 6.45) is 13.4. The van der Waals surface area contributed by atoms with E-state index in [0.29, 0.717) is 34.5 Å². The highest BCUT2D eigenvalue weighted by Crippen LogP contribution is 2.74. The Balaban J connectivity index is 1.27. The van der Waals surface area contributed by atoms with Gasteiger partial charge in [0.15, 0.2) is 16.6 Å². The molecular weight excluding hydrogens is 344 g/mol. The zero-order chi connectivity index (χ0) is 17.2. The van der Waals surface area contributed by atoms with Crippen molar-refractivity contribution in [1.82, 2.24) is 0 Å². The summed E-state index contributed by atoms with van der Waals surface area (Å²) in [6.45, 7) is 10.3. The SMILES string of the molecule is C[Si](C)(O[Si](C)(C)C12CCC3OC3C1CC2)C12CCC3OC3C1CC2. The molecule has 0 spiro atoms. The van der Waals surface area contributed by atoms with Crippen molar-refractivity contribution < 1.29 is 13.6 Å². The van der Waals surface area contributed by atoms with Gasteiger partial charge in [-0.15, -0.1) is 0 Å². The first kappa shape index (κ1) is 16.3. The molecule has 0 N–H and O–H groups in total. The van der Waals surface area contributed by atoms with Crippen molar-refractivity contribution in [3.05, 3.63) is 0 Å². The second kappa shape index (κ2) is 4.65. The molecule has 2 heterocycles. The topological polar surface area (TPSA) is 34.3 Å². The lowest BCUT2D eigenvalue weighted by Crippen LogP contribution is -2.66. The molecule has 0 amide bonds. The fourth-order valence-electron chi connectivity index (χ4n) is 8.12. The van der Waals surface area contributed by atoms with Gasteiger partial charge < -0.3 is 13.6 Å². The summed E-state index contributed by atoms with van der Waals surface area (Å²) in [5, 5.41) is 1.05. The first-order valence-corrected chi connectivity index (χ1v) is 16.6. The van der Waals surface area contributed by atoms with Gasteiger partial charge in [0.25, 0.3) is 0 Å². The summed E-state index contributed by atoms with van der Waals surface area (Å²) in [5.74, 6) is 1.66. The van der Waals surface area contributed by atoms with Crippen LogP contribution in [0.5, 0.6) is 0 Å². The van der Waals surface area contributed by atoms with Gasteiger partial charge >= 0.3 is 0 Å². The van der Waals surface area contributed by atoms with Gasteiger partial charge in [-0.2, -0.15) is 0 Å². The molecule has 0 radical (unpaired) electrons. The maximum Gasteiger partial charge on any atom is 0.180 e. The molecule has 140 valence electrons. The molecule has 25 heavy (non-hydrogen) atoms. The standard InChI is InChI=1S/C20H34O3Si2/c1-24(2,19-9-5-13(19)17-15(21-17)7-11-19)23-25(3,4)20-10-6-14(20)18-16(22-18)8-12-20/h13-18H,5-12H2,1-4H3. The van der Waals surface area contributed by atoms with E-state index in [9.17, 15) is 0 Å². The van der Waals surface area contributed by atoms with Crippen LogP contribution in [0.2, 0.25) is 36.3 Å². The van der Waals surface area contributed by atoms with Crippen LogP contribution in [0.15, 0.2) is 0 Å². The largest absolute Gasteiger partial charge is 0.455 e. The average molecular weight is 379 g/mol. The number of ether oxygens (including phenoxy) is 2. The molecule has 0 aromatic carbocycles. The number of rotatable bonds is 4. The molecule has 2 saturated heterocycles. The third-order valence-corrected chi connectivity index (χ3v) is 20.5. The number of fused-ring (bicyclic) bond motifs is 6. The van der Waals surface area contributed by atoms with Gasteiger partial charge in [0, 0.05) is 0 Å². The van der Waals surface area contributed by atoms with Gasteiger partial charge in [0.2, 0.25) is 0 Å². The second-order valence-corrected chi connectivity index (χ2v) is 19.9. The predicted octanol–water partition coefficient (Wildman–Crippen LogP) is 4.84. The summed E-state index contributed by atoms with van der Waals surface area (Å²) >= 11 is 0. The van der Waals surface area contributed by atoms with Crippen molar-refractivity contribution in [2.24, 2.45) is 11.8 Å². The van der Waals surface area contributed by atoms with Gasteiger partial charge in [0.1, 0.15) is 0 Å². The number of hydrogen-bond donors (Lipinski definition) is 0. The van der Waals surface area contributed by atoms with Gasteiger partial charge in [-0.05, 0) is 99.5 Å². The molecule has 6 fully saturated rings. The van der Waals surface area contributed by atoms with Crippen LogP contribution in [0, 0.1) is 11.8 Å². The number of epoxide rings is 2. The van der Waals surface area contributed by atoms with Crippen molar-refractivity contribution in [2.45, 2.75) is 112 Å². The predicted molar refractivity (Wildman–Crippen MR) is 103 cm³/mol. The lowest BCUT2D eigenvalue weighted by molar-refractivity contribution is 0.0995. The van der Waals surface area contributed by atoms with Crippen molar-refractivity contribution in [2.75, 3.05) is 0 Å². The maximum absolute atomic E-state index is 7.45. The van der Waals surface area contributed by atoms with Crippen LogP contribution in [-0.4, -0.2) is 41.1 Å². The quantitative estimate of drug-likeness (QED) is 0.519. The Hall–Kier alpha value is 0.314. The smallest absolute Gasteiger partial charge is 0.180 e. The lowest BCUT2D eigenvalue weighted by Gasteiger charge is -2.64. The monoisotopic (exact) mass is 378 g/mol. The average Bonchev–Trinajstić information content (AvgIpc) is 3.32. The van der Waals surface area contributed by atoms with Crippen LogP contribution < -0.4 is 0 Å². The van der Waals surface area contributed by atoms with E-state index in [2.05, 4.69) is 26.2 Å². The molecule has 5 heteroatoms. The molecule has 0 aromatic heterocycles. The Bertz CT molecular complexity index is 570. The molecule has 0 aromatic rings. The van der Waals surface area contributed by atoms with Crippen molar-refractivity contribution >= 4 is 16.6 Å². The minimum Gasteiger partial charge on any atom is -0.455 e. The summed E-state index contributed by atoms with van der Waals surface area (Å²) in [6, 6.07) is 0. The zero-order valence-electron chi connectivity index (χ0n) is 16.3. The Morgan fingerprint density at radius 3 is 1.44 bits per heavy atom. The first-order chi connectivity index (χ1) is 11.8. The minimum absolute atomic E-state index is 0.526. The van der Waals surface area contributed by atoms with Crippen LogP contribution in [0.3, 0.4) is 0 Å². The van der Waals surface area contributed by atoms with Crippen LogP contribution in [0.4, 0.5) is 0 Å². The van der Waals surface area contributed by atoms with Crippen molar-refractivity contribution in [1.29, 1.82) is 0 Å². The highest BCUT2D eigenvalue weighted by Gasteiger charge is 2.72. The van der Waals surface area contributed by atoms with Gasteiger partial charge in [-0.1, -0.05) is 0 Å². The first-order valence-electron chi connectivity index (χ1n) is 10.8. The minimum atomic E-state index is -1.75. The molecule has 6 rings (SSSR count). The third-order valence-electron chi connectivity index (χ3n) is 9.92. The van der Waals surface area contributed by atoms with Gasteiger partial charge in [0.05, 0.1) is 24.4 Å². The molecule has 2 aliphatic heterocycles.